The monoisotopic (exact) mass is 344 g/mol. The van der Waals surface area contributed by atoms with Gasteiger partial charge in [0.05, 0.1) is 6.54 Å². The Hall–Kier alpha value is -1.72. The van der Waals surface area contributed by atoms with Gasteiger partial charge in [0, 0.05) is 38.3 Å². The summed E-state index contributed by atoms with van der Waals surface area (Å²) in [5.74, 6) is 0.737. The second-order valence-electron chi connectivity index (χ2n) is 7.30. The molecule has 136 valence electrons. The van der Waals surface area contributed by atoms with Gasteiger partial charge in [0.25, 0.3) is 5.91 Å². The molecule has 2 aliphatic rings. The Morgan fingerprint density at radius 1 is 1.12 bits per heavy atom. The number of ether oxygens (including phenoxy) is 1. The van der Waals surface area contributed by atoms with Gasteiger partial charge in [0.2, 0.25) is 0 Å². The van der Waals surface area contributed by atoms with Gasteiger partial charge in [0.1, 0.15) is 6.10 Å². The molecule has 0 saturated carbocycles. The zero-order valence-corrected chi connectivity index (χ0v) is 15.2. The number of benzene rings is 1. The summed E-state index contributed by atoms with van der Waals surface area (Å²) in [6.45, 7) is 8.25. The predicted molar refractivity (Wildman–Crippen MR) is 96.9 cm³/mol. The highest BCUT2D eigenvalue weighted by atomic mass is 16.5. The van der Waals surface area contributed by atoms with E-state index in [9.17, 15) is 9.59 Å². The van der Waals surface area contributed by atoms with E-state index in [-0.39, 0.29) is 17.8 Å². The van der Waals surface area contributed by atoms with E-state index in [4.69, 9.17) is 4.74 Å². The molecule has 2 fully saturated rings. The van der Waals surface area contributed by atoms with Crippen LogP contribution in [0.15, 0.2) is 24.3 Å². The van der Waals surface area contributed by atoms with Crippen molar-refractivity contribution in [1.29, 1.82) is 0 Å². The van der Waals surface area contributed by atoms with Gasteiger partial charge in [-0.1, -0.05) is 38.1 Å². The highest BCUT2D eigenvalue weighted by Gasteiger charge is 2.30. The van der Waals surface area contributed by atoms with Crippen molar-refractivity contribution in [3.8, 4) is 0 Å². The van der Waals surface area contributed by atoms with E-state index in [0.717, 1.165) is 31.5 Å². The fourth-order valence-electron chi connectivity index (χ4n) is 3.45. The van der Waals surface area contributed by atoms with Gasteiger partial charge in [0.15, 0.2) is 5.78 Å². The van der Waals surface area contributed by atoms with E-state index >= 15 is 0 Å². The van der Waals surface area contributed by atoms with Gasteiger partial charge < -0.3 is 9.64 Å². The van der Waals surface area contributed by atoms with Crippen molar-refractivity contribution >= 4 is 11.7 Å². The Bertz CT molecular complexity index is 598. The molecule has 2 heterocycles. The van der Waals surface area contributed by atoms with Crippen LogP contribution in [-0.4, -0.2) is 66.9 Å². The third-order valence-electron chi connectivity index (χ3n) is 5.16. The maximum atomic E-state index is 12.5. The lowest BCUT2D eigenvalue weighted by molar-refractivity contribution is -0.142. The van der Waals surface area contributed by atoms with Crippen LogP contribution in [0, 0.1) is 0 Å². The molecule has 0 spiro atoms. The normalized spacial score (nSPS) is 21.7. The first kappa shape index (κ1) is 18.1. The second-order valence-corrected chi connectivity index (χ2v) is 7.30. The molecule has 1 aromatic rings. The van der Waals surface area contributed by atoms with Gasteiger partial charge in [-0.2, -0.15) is 0 Å². The number of piperazine rings is 1. The quantitative estimate of drug-likeness (QED) is 0.769. The largest absolute Gasteiger partial charge is 0.368 e. The molecule has 2 saturated heterocycles. The van der Waals surface area contributed by atoms with Gasteiger partial charge >= 0.3 is 0 Å². The Balaban J connectivity index is 1.48. The molecule has 5 nitrogen and oxygen atoms in total. The zero-order valence-electron chi connectivity index (χ0n) is 15.2. The number of carbonyl (C=O) groups is 2. The molecule has 1 unspecified atom stereocenters. The Labute approximate surface area is 149 Å². The summed E-state index contributed by atoms with van der Waals surface area (Å²) >= 11 is 0. The molecule has 2 aliphatic heterocycles. The summed E-state index contributed by atoms with van der Waals surface area (Å²) in [5.41, 5.74) is 2.01. The molecule has 0 aromatic heterocycles. The highest BCUT2D eigenvalue weighted by Crippen LogP contribution is 2.17. The van der Waals surface area contributed by atoms with Crippen LogP contribution in [0.5, 0.6) is 0 Å². The lowest BCUT2D eigenvalue weighted by Crippen LogP contribution is -2.52. The van der Waals surface area contributed by atoms with Crippen molar-refractivity contribution in [3.63, 3.8) is 0 Å². The zero-order chi connectivity index (χ0) is 17.8. The summed E-state index contributed by atoms with van der Waals surface area (Å²) < 4.78 is 5.48. The van der Waals surface area contributed by atoms with Gasteiger partial charge in [-0.25, -0.2) is 0 Å². The minimum atomic E-state index is -0.243. The van der Waals surface area contributed by atoms with E-state index in [1.807, 2.05) is 29.2 Å². The summed E-state index contributed by atoms with van der Waals surface area (Å²) in [6.07, 6.45) is 1.57. The number of nitrogens with zero attached hydrogens (tertiary/aromatic N) is 2. The number of amides is 1. The topological polar surface area (TPSA) is 49.9 Å². The molecule has 0 N–H and O–H groups in total. The fourth-order valence-corrected chi connectivity index (χ4v) is 3.45. The maximum absolute atomic E-state index is 12.5. The van der Waals surface area contributed by atoms with Crippen molar-refractivity contribution in [2.24, 2.45) is 0 Å². The summed E-state index contributed by atoms with van der Waals surface area (Å²) in [5, 5.41) is 0. The van der Waals surface area contributed by atoms with Crippen LogP contribution >= 0.6 is 0 Å². The van der Waals surface area contributed by atoms with E-state index in [0.29, 0.717) is 32.2 Å². The lowest BCUT2D eigenvalue weighted by atomic mass is 10.0. The van der Waals surface area contributed by atoms with E-state index in [1.54, 1.807) is 0 Å². The second kappa shape index (κ2) is 8.11. The van der Waals surface area contributed by atoms with Crippen LogP contribution in [0.2, 0.25) is 0 Å². The number of carbonyl (C=O) groups excluding carboxylic acids is 2. The molecule has 3 rings (SSSR count). The summed E-state index contributed by atoms with van der Waals surface area (Å²) in [4.78, 5) is 28.8. The number of Topliss-reactive ketones (excluding diaryl/α,β-unsaturated/α-hetero) is 1. The number of rotatable bonds is 5. The van der Waals surface area contributed by atoms with Crippen LogP contribution in [0.4, 0.5) is 0 Å². The molecular formula is C20H28N2O3. The molecule has 1 aromatic carbocycles. The third-order valence-corrected chi connectivity index (χ3v) is 5.16. The molecule has 0 radical (unpaired) electrons. The van der Waals surface area contributed by atoms with Gasteiger partial charge in [-0.15, -0.1) is 0 Å². The fraction of sp³-hybridized carbons (Fsp3) is 0.600. The molecule has 0 bridgehead atoms. The van der Waals surface area contributed by atoms with Crippen LogP contribution < -0.4 is 0 Å². The standard InChI is InChI=1S/C20H28N2O3/c1-15(2)16-5-7-17(8-6-16)18(23)14-21-9-11-22(12-10-21)20(24)19-4-3-13-25-19/h5-8,15,19H,3-4,9-14H2,1-2H3. The van der Waals surface area contributed by atoms with Gasteiger partial charge in [-0.05, 0) is 24.3 Å². The smallest absolute Gasteiger partial charge is 0.251 e. The summed E-state index contributed by atoms with van der Waals surface area (Å²) in [7, 11) is 0. The first-order valence-corrected chi connectivity index (χ1v) is 9.30. The number of ketones is 1. The maximum Gasteiger partial charge on any atom is 0.251 e. The number of hydrogen-bond donors (Lipinski definition) is 0. The van der Waals surface area contributed by atoms with Crippen molar-refractivity contribution < 1.29 is 14.3 Å². The first-order chi connectivity index (χ1) is 12.0. The number of hydrogen-bond acceptors (Lipinski definition) is 4. The van der Waals surface area contributed by atoms with Crippen LogP contribution in [-0.2, 0) is 9.53 Å². The predicted octanol–water partition coefficient (Wildman–Crippen LogP) is 2.32. The Kier molecular flexibility index (Phi) is 5.86. The third kappa shape index (κ3) is 4.47. The average Bonchev–Trinajstić information content (AvgIpc) is 3.16. The van der Waals surface area contributed by atoms with Crippen LogP contribution in [0.1, 0.15) is 48.5 Å². The molecular weight excluding hydrogens is 316 g/mol. The van der Waals surface area contributed by atoms with Crippen LogP contribution in [0.3, 0.4) is 0 Å². The molecule has 5 heteroatoms. The molecule has 1 amide bonds. The van der Waals surface area contributed by atoms with Crippen molar-refractivity contribution in [1.82, 2.24) is 9.80 Å². The average molecular weight is 344 g/mol. The Morgan fingerprint density at radius 3 is 2.36 bits per heavy atom. The summed E-state index contributed by atoms with van der Waals surface area (Å²) in [6, 6.07) is 7.93. The molecule has 25 heavy (non-hydrogen) atoms. The molecule has 1 atom stereocenters. The van der Waals surface area contributed by atoms with E-state index in [2.05, 4.69) is 18.7 Å². The van der Waals surface area contributed by atoms with Crippen molar-refractivity contribution in [2.75, 3.05) is 39.3 Å². The van der Waals surface area contributed by atoms with Crippen molar-refractivity contribution in [3.05, 3.63) is 35.4 Å². The van der Waals surface area contributed by atoms with Crippen molar-refractivity contribution in [2.45, 2.75) is 38.7 Å². The van der Waals surface area contributed by atoms with Crippen LogP contribution in [0.25, 0.3) is 0 Å². The highest BCUT2D eigenvalue weighted by molar-refractivity contribution is 5.97. The Morgan fingerprint density at radius 2 is 1.80 bits per heavy atom. The minimum Gasteiger partial charge on any atom is -0.368 e. The lowest BCUT2D eigenvalue weighted by Gasteiger charge is -2.35. The van der Waals surface area contributed by atoms with Gasteiger partial charge in [-0.3, -0.25) is 14.5 Å². The van der Waals surface area contributed by atoms with E-state index in [1.165, 1.54) is 5.56 Å². The minimum absolute atomic E-state index is 0.118. The first-order valence-electron chi connectivity index (χ1n) is 9.30. The molecule has 0 aliphatic carbocycles. The van der Waals surface area contributed by atoms with E-state index < -0.39 is 0 Å². The SMILES string of the molecule is CC(C)c1ccc(C(=O)CN2CCN(C(=O)C3CCCO3)CC2)cc1.